The van der Waals surface area contributed by atoms with Crippen LogP contribution < -0.4 is 5.32 Å². The molecular weight excluding hydrogens is 374 g/mol. The van der Waals surface area contributed by atoms with E-state index in [2.05, 4.69) is 21.7 Å². The summed E-state index contributed by atoms with van der Waals surface area (Å²) >= 11 is 0. The highest BCUT2D eigenvalue weighted by atomic mass is 35.5. The number of guanidine groups is 1. The average molecular weight is 411 g/mol. The van der Waals surface area contributed by atoms with E-state index in [4.69, 9.17) is 9.52 Å². The van der Waals surface area contributed by atoms with Gasteiger partial charge >= 0.3 is 11.9 Å². The number of hydrogen-bond acceptors (Lipinski definition) is 6. The molecule has 2 N–H and O–H groups in total. The van der Waals surface area contributed by atoms with Gasteiger partial charge in [0.25, 0.3) is 0 Å². The number of carbonyl (C=O) groups excluding carboxylic acids is 3. The van der Waals surface area contributed by atoms with Gasteiger partial charge in [0, 0.05) is 24.4 Å². The molecule has 0 aromatic carbocycles. The van der Waals surface area contributed by atoms with Crippen molar-refractivity contribution in [3.8, 4) is 0 Å². The first-order chi connectivity index (χ1) is 13.6. The molecule has 0 aliphatic carbocycles. The van der Waals surface area contributed by atoms with Gasteiger partial charge in [0.05, 0.1) is 0 Å². The minimum absolute atomic E-state index is 0. The Labute approximate surface area is 172 Å². The van der Waals surface area contributed by atoms with Gasteiger partial charge in [0.2, 0.25) is 12.7 Å². The van der Waals surface area contributed by atoms with Crippen LogP contribution >= 0.6 is 12.4 Å². The van der Waals surface area contributed by atoms with Gasteiger partial charge in [-0.05, 0) is 6.42 Å². The molecule has 0 aliphatic rings. The van der Waals surface area contributed by atoms with Crippen molar-refractivity contribution in [2.24, 2.45) is 0 Å². The van der Waals surface area contributed by atoms with E-state index in [9.17, 15) is 14.4 Å². The normalized spacial score (nSPS) is 11.9. The molecule has 0 fully saturated rings. The van der Waals surface area contributed by atoms with Crippen molar-refractivity contribution in [3.05, 3.63) is 0 Å². The van der Waals surface area contributed by atoms with Gasteiger partial charge in [-0.1, -0.05) is 51.9 Å². The Morgan fingerprint density at radius 2 is 1.63 bits per heavy atom. The van der Waals surface area contributed by atoms with Crippen LogP contribution in [0.25, 0.3) is 0 Å². The molecule has 158 valence electrons. The Morgan fingerprint density at radius 3 is 2.19 bits per heavy atom. The van der Waals surface area contributed by atoms with Crippen molar-refractivity contribution in [3.63, 3.8) is 0 Å². The molecule has 8 nitrogen and oxygen atoms in total. The number of nitrogens with zero attached hydrogens (tertiary/aromatic N) is 1. The predicted octanol–water partition coefficient (Wildman–Crippen LogP) is 2.99. The average Bonchev–Trinajstić information content (AvgIpc) is 2.60. The zero-order valence-electron chi connectivity index (χ0n) is 19.2. The van der Waals surface area contributed by atoms with E-state index in [1.54, 1.807) is 0 Å². The second-order valence-corrected chi connectivity index (χ2v) is 5.98. The Bertz CT molecular complexity index is 548. The number of halogens is 1. The van der Waals surface area contributed by atoms with Crippen molar-refractivity contribution in [1.29, 1.82) is 5.41 Å². The summed E-state index contributed by atoms with van der Waals surface area (Å²) < 4.78 is 31.3. The third-order valence-corrected chi connectivity index (χ3v) is 3.55. The molecule has 9 heteroatoms. The van der Waals surface area contributed by atoms with Crippen LogP contribution in [0.2, 0.25) is 0 Å². The van der Waals surface area contributed by atoms with Gasteiger partial charge in [-0.2, -0.15) is 0 Å². The Balaban J connectivity index is 0. The lowest BCUT2D eigenvalue weighted by molar-refractivity contribution is -0.165. The van der Waals surface area contributed by atoms with Gasteiger partial charge < -0.3 is 14.4 Å². The summed E-state index contributed by atoms with van der Waals surface area (Å²) in [7, 11) is 0. The molecule has 0 aromatic heterocycles. The maximum atomic E-state index is 12.0. The molecule has 27 heavy (non-hydrogen) atoms. The van der Waals surface area contributed by atoms with Gasteiger partial charge in [-0.25, -0.2) is 0 Å². The van der Waals surface area contributed by atoms with Gasteiger partial charge in [-0.3, -0.25) is 25.1 Å². The van der Waals surface area contributed by atoms with E-state index < -0.39 is 44.1 Å². The van der Waals surface area contributed by atoms with Crippen molar-refractivity contribution >= 4 is 36.2 Å². The molecular formula is C18H34ClN3O5. The maximum Gasteiger partial charge on any atom is 0.328 e. The lowest BCUT2D eigenvalue weighted by atomic mass is 10.1. The molecule has 0 bridgehead atoms. The molecule has 0 unspecified atom stereocenters. The number of rotatable bonds is 13. The predicted molar refractivity (Wildman–Crippen MR) is 106 cm³/mol. The second kappa shape index (κ2) is 17.6. The van der Waals surface area contributed by atoms with Gasteiger partial charge in [-0.15, -0.1) is 12.4 Å². The number of nitrogens with one attached hydrogen (secondary N) is 2. The minimum atomic E-state index is -2.83. The summed E-state index contributed by atoms with van der Waals surface area (Å²) in [5, 5.41) is 10.0. The lowest BCUT2D eigenvalue weighted by Crippen LogP contribution is -2.43. The standard InChI is InChI=1S/C18H33N3O5.ClH/c1-4-5-6-7-8-9-10-11-12-16(23)20-18(19)21(3)13-17(24)26-14-25-15(2)22;/h4-14H2,1-3H3,(H2,19,20,23);1H/i3D3;. The van der Waals surface area contributed by atoms with Crippen molar-refractivity contribution in [2.45, 2.75) is 71.6 Å². The molecule has 0 saturated heterocycles. The third-order valence-electron chi connectivity index (χ3n) is 3.55. The van der Waals surface area contributed by atoms with Crippen LogP contribution in [0.15, 0.2) is 0 Å². The third kappa shape index (κ3) is 17.3. The Kier molecular flexibility index (Phi) is 14.0. The highest BCUT2D eigenvalue weighted by Crippen LogP contribution is 2.09. The number of hydrogen-bond donors (Lipinski definition) is 2. The van der Waals surface area contributed by atoms with Crippen LogP contribution in [0.4, 0.5) is 0 Å². The van der Waals surface area contributed by atoms with Crippen LogP contribution in [-0.2, 0) is 23.9 Å². The largest absolute Gasteiger partial charge is 0.428 e. The fourth-order valence-electron chi connectivity index (χ4n) is 2.11. The number of unbranched alkanes of at least 4 members (excludes halogenated alkanes) is 7. The van der Waals surface area contributed by atoms with Crippen LogP contribution in [0.3, 0.4) is 0 Å². The van der Waals surface area contributed by atoms with Crippen LogP contribution in [0.1, 0.15) is 75.7 Å². The maximum absolute atomic E-state index is 12.0. The van der Waals surface area contributed by atoms with Crippen LogP contribution in [0, 0.1) is 5.41 Å². The second-order valence-electron chi connectivity index (χ2n) is 5.98. The first kappa shape index (κ1) is 21.5. The van der Waals surface area contributed by atoms with Gasteiger partial charge in [0.15, 0.2) is 5.96 Å². The first-order valence-corrected chi connectivity index (χ1v) is 9.03. The molecule has 0 aromatic rings. The Morgan fingerprint density at radius 1 is 1.04 bits per heavy atom. The quantitative estimate of drug-likeness (QED) is 0.159. The summed E-state index contributed by atoms with van der Waals surface area (Å²) in [6.07, 6.45) is 8.70. The fraction of sp³-hybridized carbons (Fsp3) is 0.778. The summed E-state index contributed by atoms with van der Waals surface area (Å²) in [6.45, 7) is -0.991. The molecule has 0 heterocycles. The van der Waals surface area contributed by atoms with E-state index in [0.717, 1.165) is 26.2 Å². The summed E-state index contributed by atoms with van der Waals surface area (Å²) in [5.74, 6) is -2.86. The van der Waals surface area contributed by atoms with E-state index in [-0.39, 0.29) is 18.8 Å². The number of ether oxygens (including phenoxy) is 2. The van der Waals surface area contributed by atoms with Gasteiger partial charge in [0.1, 0.15) is 6.54 Å². The number of amides is 1. The lowest BCUT2D eigenvalue weighted by Gasteiger charge is -2.19. The molecule has 0 saturated carbocycles. The first-order valence-electron chi connectivity index (χ1n) is 10.5. The molecule has 0 spiro atoms. The molecule has 0 rings (SSSR count). The van der Waals surface area contributed by atoms with E-state index in [1.807, 2.05) is 0 Å². The number of carbonyl (C=O) groups is 3. The van der Waals surface area contributed by atoms with Crippen molar-refractivity contribution in [1.82, 2.24) is 10.2 Å². The number of likely N-dealkylation sites (N-methyl/N-ethyl adjacent to an activating group) is 1. The minimum Gasteiger partial charge on any atom is -0.428 e. The van der Waals surface area contributed by atoms with Crippen LogP contribution in [-0.4, -0.2) is 49.0 Å². The molecule has 0 atom stereocenters. The highest BCUT2D eigenvalue weighted by Gasteiger charge is 2.13. The summed E-state index contributed by atoms with van der Waals surface area (Å²) in [4.78, 5) is 34.7. The van der Waals surface area contributed by atoms with Crippen LogP contribution in [0.5, 0.6) is 0 Å². The van der Waals surface area contributed by atoms with E-state index >= 15 is 0 Å². The van der Waals surface area contributed by atoms with Crippen molar-refractivity contribution < 1.29 is 28.0 Å². The zero-order valence-corrected chi connectivity index (χ0v) is 17.0. The Hall–Kier alpha value is -1.83. The monoisotopic (exact) mass is 410 g/mol. The summed E-state index contributed by atoms with van der Waals surface area (Å²) in [5.41, 5.74) is 0. The molecule has 1 amide bonds. The zero-order chi connectivity index (χ0) is 22.3. The number of esters is 2. The molecule has 0 aliphatic heterocycles. The highest BCUT2D eigenvalue weighted by molar-refractivity contribution is 5.96. The van der Waals surface area contributed by atoms with E-state index in [1.165, 1.54) is 25.7 Å². The van der Waals surface area contributed by atoms with E-state index in [0.29, 0.717) is 11.3 Å². The van der Waals surface area contributed by atoms with Crippen molar-refractivity contribution in [2.75, 3.05) is 20.3 Å². The SMILES string of the molecule is Cl.[2H]C([2H])([2H])N(CC(=O)OCOC(C)=O)C(=N)NC(=O)CCCCCCCCCC. The molecule has 0 radical (unpaired) electrons. The topological polar surface area (TPSA) is 109 Å². The fourth-order valence-corrected chi connectivity index (χ4v) is 2.11. The smallest absolute Gasteiger partial charge is 0.328 e. The summed E-state index contributed by atoms with van der Waals surface area (Å²) in [6, 6.07) is 0.